The smallest absolute Gasteiger partial charge is 0.382 e. The monoisotopic (exact) mass is 1930 g/mol. The zero-order valence-electron chi connectivity index (χ0n) is 76.2. The SMILES string of the molecule is COCCOCCOCCNC(=O)CCN1C(=O)CC(CCCOP(=O)(O)OCCOP(=O)(O)OCCCCNC(=O)CCOCCOCCOCCOCCOCCOCCOCCOCCOCCOCCOCCOCCOCCOCCOCCOCCOCCOCCOCCOCCOCCOCCOCCOCCNC(=O)CCN2C(=O)C=CC2=O)C1=O. The molecule has 0 aromatic heterocycles. The number of methoxy groups -OCH3 is 1. The number of unbranched alkanes of at least 4 members (excludes halogenated alkanes) is 1. The molecule has 2 rings (SSSR count). The largest absolute Gasteiger partial charge is 0.472 e. The van der Waals surface area contributed by atoms with Gasteiger partial charge in [0.25, 0.3) is 11.8 Å². The maximum Gasteiger partial charge on any atom is 0.472 e. The molecule has 47 nitrogen and oxygen atoms in total. The molecule has 0 aromatic rings. The predicted octanol–water partition coefficient (Wildman–Crippen LogP) is -0.289. The number of nitrogens with zero attached hydrogens (tertiary/aromatic N) is 2. The van der Waals surface area contributed by atoms with E-state index in [1.165, 1.54) is 12.2 Å². The fourth-order valence-electron chi connectivity index (χ4n) is 10.4. The van der Waals surface area contributed by atoms with Crippen molar-refractivity contribution in [3.05, 3.63) is 12.2 Å². The van der Waals surface area contributed by atoms with Crippen molar-refractivity contribution in [3.63, 3.8) is 0 Å². The maximum atomic E-state index is 12.8. The summed E-state index contributed by atoms with van der Waals surface area (Å²) in [6, 6.07) is 0. The summed E-state index contributed by atoms with van der Waals surface area (Å²) in [6.07, 6.45) is 3.46. The number of amides is 7. The van der Waals surface area contributed by atoms with Crippen molar-refractivity contribution in [2.75, 3.05) is 416 Å². The molecular formula is C81H151N5O42P2. The van der Waals surface area contributed by atoms with E-state index in [9.17, 15) is 52.5 Å². The third-order valence-corrected chi connectivity index (χ3v) is 19.1. The molecule has 3 atom stereocenters. The lowest BCUT2D eigenvalue weighted by molar-refractivity contribution is -0.140. The molecule has 0 spiro atoms. The van der Waals surface area contributed by atoms with Crippen LogP contribution in [0.4, 0.5) is 0 Å². The highest BCUT2D eigenvalue weighted by Gasteiger charge is 2.38. The summed E-state index contributed by atoms with van der Waals surface area (Å²) >= 11 is 0. The summed E-state index contributed by atoms with van der Waals surface area (Å²) in [5.41, 5.74) is 0. The molecule has 49 heteroatoms. The summed E-state index contributed by atoms with van der Waals surface area (Å²) in [6.45, 7) is 21.6. The van der Waals surface area contributed by atoms with Gasteiger partial charge in [-0.15, -0.1) is 0 Å². The first-order valence-corrected chi connectivity index (χ1v) is 47.5. The third-order valence-electron chi connectivity index (χ3n) is 17.0. The lowest BCUT2D eigenvalue weighted by Gasteiger charge is -2.16. The number of hydrogen-bond acceptors (Lipinski definition) is 40. The van der Waals surface area contributed by atoms with Crippen LogP contribution < -0.4 is 16.0 Å². The van der Waals surface area contributed by atoms with Crippen molar-refractivity contribution >= 4 is 57.0 Å². The van der Waals surface area contributed by atoms with E-state index in [1.54, 1.807) is 7.11 Å². The Kier molecular flexibility index (Phi) is 86.3. The van der Waals surface area contributed by atoms with Gasteiger partial charge in [0.05, 0.1) is 377 Å². The van der Waals surface area contributed by atoms with Gasteiger partial charge in [0.1, 0.15) is 0 Å². The Morgan fingerprint density at radius 2 is 0.508 bits per heavy atom. The Hall–Kier alpha value is -4.43. The summed E-state index contributed by atoms with van der Waals surface area (Å²) in [7, 11) is -7.54. The fraction of sp³-hybridized carbons (Fsp3) is 0.889. The number of hydrogen-bond donors (Lipinski definition) is 5. The molecule has 5 N–H and O–H groups in total. The van der Waals surface area contributed by atoms with Crippen LogP contribution in [0.5, 0.6) is 0 Å². The molecule has 0 bridgehead atoms. The summed E-state index contributed by atoms with van der Waals surface area (Å²) in [4.78, 5) is 106. The van der Waals surface area contributed by atoms with Gasteiger partial charge in [-0.1, -0.05) is 0 Å². The Bertz CT molecular complexity index is 2790. The molecule has 2 heterocycles. The number of carbonyl (C=O) groups excluding carboxylic acids is 7. The van der Waals surface area contributed by atoms with Crippen LogP contribution in [0.1, 0.15) is 51.4 Å². The van der Waals surface area contributed by atoms with Crippen molar-refractivity contribution in [2.45, 2.75) is 51.4 Å². The Balaban J connectivity index is 1.14. The van der Waals surface area contributed by atoms with E-state index >= 15 is 0 Å². The molecule has 130 heavy (non-hydrogen) atoms. The average molecular weight is 1930 g/mol. The molecular weight excluding hydrogens is 1780 g/mol. The topological polar surface area (TPSA) is 523 Å². The normalized spacial score (nSPS) is 14.4. The van der Waals surface area contributed by atoms with Crippen LogP contribution in [0.2, 0.25) is 0 Å². The van der Waals surface area contributed by atoms with Crippen LogP contribution in [0.25, 0.3) is 0 Å². The fourth-order valence-corrected chi connectivity index (χ4v) is 11.9. The van der Waals surface area contributed by atoms with Crippen LogP contribution in [0.15, 0.2) is 12.2 Å². The van der Waals surface area contributed by atoms with Crippen LogP contribution in [-0.2, 0) is 189 Å². The minimum absolute atomic E-state index is 0.0382. The minimum Gasteiger partial charge on any atom is -0.382 e. The van der Waals surface area contributed by atoms with Crippen molar-refractivity contribution in [2.24, 2.45) is 5.92 Å². The lowest BCUT2D eigenvalue weighted by Crippen LogP contribution is -2.36. The summed E-state index contributed by atoms with van der Waals surface area (Å²) in [5, 5.41) is 8.07. The van der Waals surface area contributed by atoms with Crippen LogP contribution in [0, 0.1) is 5.92 Å². The van der Waals surface area contributed by atoms with Crippen LogP contribution in [0.3, 0.4) is 0 Å². The standard InChI is InChI=1S/C81H151N5O42P2/c1-98-21-22-102-27-24-100-20-13-84-76(88)9-15-86-80(92)73-74(81(86)93)5-4-17-126-130(96,97)128-72-71-127-129(94,95)125-16-3-2-11-82-77(89)10-18-99-23-26-103-29-31-105-33-35-107-37-39-109-41-43-111-45-47-113-49-51-115-53-55-117-57-59-119-61-63-121-65-67-123-69-70-124-68-66-122-64-62-120-60-58-118-56-54-116-52-50-114-48-46-112-44-42-110-40-38-108-36-34-106-32-30-104-28-25-101-19-12-83-75(87)8-14-85-78(90)6-7-79(85)91/h6-7,74H,2-5,8-73H2,1H3,(H,82,89)(H,83,87)(H,84,88)(H,94,95)(H,96,97). The highest BCUT2D eigenvalue weighted by Crippen LogP contribution is 2.46. The minimum atomic E-state index is -4.59. The first-order valence-electron chi connectivity index (χ1n) is 44.6. The quantitative estimate of drug-likeness (QED) is 0.0297. The van der Waals surface area contributed by atoms with Gasteiger partial charge in [-0.25, -0.2) is 9.13 Å². The molecule has 3 unspecified atom stereocenters. The molecule has 2 aliphatic heterocycles. The molecule has 0 saturated carbocycles. The van der Waals surface area contributed by atoms with Crippen molar-refractivity contribution < 1.29 is 198 Å². The zero-order valence-corrected chi connectivity index (χ0v) is 78.0. The molecule has 762 valence electrons. The second-order valence-electron chi connectivity index (χ2n) is 27.3. The molecule has 0 aliphatic carbocycles. The number of likely N-dealkylation sites (tertiary alicyclic amines) is 1. The average Bonchev–Trinajstić information content (AvgIpc) is 1.69. The molecule has 2 aliphatic rings. The van der Waals surface area contributed by atoms with E-state index in [-0.39, 0.29) is 102 Å². The molecule has 0 aromatic carbocycles. The van der Waals surface area contributed by atoms with Gasteiger partial charge < -0.3 is 154 Å². The first kappa shape index (κ1) is 122. The van der Waals surface area contributed by atoms with Gasteiger partial charge in [0, 0.05) is 83.6 Å². The number of imide groups is 2. The number of rotatable bonds is 106. The van der Waals surface area contributed by atoms with Gasteiger partial charge in [0.15, 0.2) is 0 Å². The summed E-state index contributed by atoms with van der Waals surface area (Å²) in [5.74, 6) is -3.20. The number of ether oxygens (including phenoxy) is 27. The number of carbonyl (C=O) groups is 7. The van der Waals surface area contributed by atoms with Crippen LogP contribution in [-0.4, -0.2) is 477 Å². The lowest BCUT2D eigenvalue weighted by atomic mass is 10.0. The van der Waals surface area contributed by atoms with Crippen molar-refractivity contribution in [3.8, 4) is 0 Å². The summed E-state index contributed by atoms with van der Waals surface area (Å²) < 4.78 is 192. The van der Waals surface area contributed by atoms with Gasteiger partial charge in [-0.2, -0.15) is 0 Å². The Morgan fingerprint density at radius 1 is 0.285 bits per heavy atom. The zero-order chi connectivity index (χ0) is 93.7. The highest BCUT2D eigenvalue weighted by atomic mass is 31.2. The third kappa shape index (κ3) is 81.9. The van der Waals surface area contributed by atoms with Crippen LogP contribution >= 0.6 is 15.6 Å². The van der Waals surface area contributed by atoms with E-state index < -0.39 is 58.4 Å². The van der Waals surface area contributed by atoms with Gasteiger partial charge in [0.2, 0.25) is 29.5 Å². The second-order valence-corrected chi connectivity index (χ2v) is 30.2. The number of phosphoric ester groups is 2. The molecule has 0 radical (unpaired) electrons. The van der Waals surface area contributed by atoms with E-state index in [0.29, 0.717) is 363 Å². The highest BCUT2D eigenvalue weighted by molar-refractivity contribution is 7.47. The van der Waals surface area contributed by atoms with E-state index in [2.05, 4.69) is 16.0 Å². The molecule has 1 fully saturated rings. The van der Waals surface area contributed by atoms with Crippen molar-refractivity contribution in [1.82, 2.24) is 25.8 Å². The van der Waals surface area contributed by atoms with Crippen molar-refractivity contribution in [1.29, 1.82) is 0 Å². The predicted molar refractivity (Wildman–Crippen MR) is 459 cm³/mol. The first-order chi connectivity index (χ1) is 63.6. The van der Waals surface area contributed by atoms with E-state index in [1.807, 2.05) is 0 Å². The van der Waals surface area contributed by atoms with E-state index in [4.69, 9.17) is 146 Å². The molecule has 1 saturated heterocycles. The number of nitrogens with one attached hydrogen (secondary N) is 3. The second kappa shape index (κ2) is 92.3. The molecule has 7 amide bonds. The van der Waals surface area contributed by atoms with Gasteiger partial charge in [-0.05, 0) is 25.7 Å². The van der Waals surface area contributed by atoms with Gasteiger partial charge in [-0.3, -0.25) is 61.5 Å². The maximum absolute atomic E-state index is 12.8. The number of phosphoric acid groups is 2. The Morgan fingerprint density at radius 3 is 0.785 bits per heavy atom. The van der Waals surface area contributed by atoms with E-state index in [0.717, 1.165) is 9.80 Å². The van der Waals surface area contributed by atoms with Gasteiger partial charge >= 0.3 is 15.6 Å². The Labute approximate surface area is 764 Å².